The summed E-state index contributed by atoms with van der Waals surface area (Å²) in [6, 6.07) is 0.630. The fourth-order valence-electron chi connectivity index (χ4n) is 1.73. The summed E-state index contributed by atoms with van der Waals surface area (Å²) in [7, 11) is 0. The Morgan fingerprint density at radius 3 is 2.47 bits per heavy atom. The Balaban J connectivity index is 2.90. The number of aliphatic carboxylic acids is 1. The number of hydrogen-bond donors (Lipinski definition) is 2. The molecule has 0 unspecified atom stereocenters. The van der Waals surface area contributed by atoms with E-state index in [1.54, 1.807) is 20.8 Å². The Morgan fingerprint density at radius 2 is 2.00 bits per heavy atom. The largest absolute Gasteiger partial charge is 0.480 e. The smallest absolute Gasteiger partial charge is 0.326 e. The molecular weight excluding hydrogens is 246 g/mol. The summed E-state index contributed by atoms with van der Waals surface area (Å²) in [6.07, 6.45) is 0.666. The molecule has 2 atom stereocenters. The second-order valence-electron chi connectivity index (χ2n) is 4.62. The molecule has 2 N–H and O–H groups in total. The molecule has 6 heteroatoms. The number of aryl methyl sites for hydroxylation is 2. The maximum absolute atomic E-state index is 12.0. The van der Waals surface area contributed by atoms with Crippen LogP contribution in [-0.2, 0) is 4.79 Å². The summed E-state index contributed by atoms with van der Waals surface area (Å²) < 4.78 is 0. The third kappa shape index (κ3) is 4.01. The molecule has 0 fully saturated rings. The van der Waals surface area contributed by atoms with Gasteiger partial charge in [-0.25, -0.2) is 14.8 Å². The molecule has 0 saturated heterocycles. The second kappa shape index (κ2) is 6.26. The summed E-state index contributed by atoms with van der Waals surface area (Å²) in [4.78, 5) is 31.3. The van der Waals surface area contributed by atoms with Gasteiger partial charge in [0.25, 0.3) is 5.91 Å². The van der Waals surface area contributed by atoms with Crippen LogP contribution >= 0.6 is 0 Å². The summed E-state index contributed by atoms with van der Waals surface area (Å²) >= 11 is 0. The van der Waals surface area contributed by atoms with Gasteiger partial charge in [0, 0.05) is 5.69 Å². The minimum absolute atomic E-state index is 0.148. The predicted octanol–water partition coefficient (Wildman–Crippen LogP) is 1.32. The molecular formula is C13H19N3O3. The zero-order valence-corrected chi connectivity index (χ0v) is 11.6. The average Bonchev–Trinajstić information content (AvgIpc) is 2.33. The molecule has 1 aromatic heterocycles. The highest BCUT2D eigenvalue weighted by Crippen LogP contribution is 2.09. The van der Waals surface area contributed by atoms with Crippen molar-refractivity contribution in [1.82, 2.24) is 15.3 Å². The van der Waals surface area contributed by atoms with Gasteiger partial charge < -0.3 is 10.4 Å². The first-order valence-electron chi connectivity index (χ1n) is 6.21. The zero-order valence-electron chi connectivity index (χ0n) is 11.6. The lowest BCUT2D eigenvalue weighted by Crippen LogP contribution is -2.45. The SMILES string of the molecule is CC[C@H](C)[C@H](NC(=O)c1cc(C)nc(C)n1)C(=O)O. The summed E-state index contributed by atoms with van der Waals surface area (Å²) in [5.41, 5.74) is 0.868. The molecule has 0 saturated carbocycles. The molecule has 0 aliphatic rings. The standard InChI is InChI=1S/C13H19N3O3/c1-5-7(2)11(13(18)19)16-12(17)10-6-8(3)14-9(4)15-10/h6-7,11H,5H2,1-4H3,(H,16,17)(H,18,19)/t7-,11-/m0/s1. The van der Waals surface area contributed by atoms with Crippen molar-refractivity contribution in [2.45, 2.75) is 40.2 Å². The molecule has 0 aliphatic heterocycles. The van der Waals surface area contributed by atoms with E-state index in [0.29, 0.717) is 17.9 Å². The van der Waals surface area contributed by atoms with Crippen LogP contribution in [0, 0.1) is 19.8 Å². The van der Waals surface area contributed by atoms with Crippen molar-refractivity contribution in [2.24, 2.45) is 5.92 Å². The van der Waals surface area contributed by atoms with Crippen LogP contribution in [0.4, 0.5) is 0 Å². The fourth-order valence-corrected chi connectivity index (χ4v) is 1.73. The van der Waals surface area contributed by atoms with Crippen molar-refractivity contribution in [2.75, 3.05) is 0 Å². The van der Waals surface area contributed by atoms with Gasteiger partial charge in [-0.05, 0) is 25.8 Å². The molecule has 1 aromatic rings. The van der Waals surface area contributed by atoms with Crippen molar-refractivity contribution < 1.29 is 14.7 Å². The molecule has 0 radical (unpaired) electrons. The highest BCUT2D eigenvalue weighted by molar-refractivity contribution is 5.95. The number of carboxylic acid groups (broad SMARTS) is 1. The van der Waals surface area contributed by atoms with Gasteiger partial charge >= 0.3 is 5.97 Å². The van der Waals surface area contributed by atoms with Crippen LogP contribution < -0.4 is 5.32 Å². The summed E-state index contributed by atoms with van der Waals surface area (Å²) in [5.74, 6) is -1.18. The van der Waals surface area contributed by atoms with Crippen LogP contribution in [0.5, 0.6) is 0 Å². The third-order valence-corrected chi connectivity index (χ3v) is 2.96. The number of nitrogens with zero attached hydrogens (tertiary/aromatic N) is 2. The molecule has 0 aliphatic carbocycles. The van der Waals surface area contributed by atoms with Gasteiger partial charge in [0.2, 0.25) is 0 Å². The average molecular weight is 265 g/mol. The predicted molar refractivity (Wildman–Crippen MR) is 69.9 cm³/mol. The molecule has 0 bridgehead atoms. The maximum Gasteiger partial charge on any atom is 0.326 e. The molecule has 0 aromatic carbocycles. The first-order chi connectivity index (χ1) is 8.85. The van der Waals surface area contributed by atoms with Crippen molar-refractivity contribution in [1.29, 1.82) is 0 Å². The minimum Gasteiger partial charge on any atom is -0.480 e. The number of aromatic nitrogens is 2. The van der Waals surface area contributed by atoms with Crippen LogP contribution in [0.3, 0.4) is 0 Å². The minimum atomic E-state index is -1.04. The van der Waals surface area contributed by atoms with E-state index in [4.69, 9.17) is 5.11 Å². The van der Waals surface area contributed by atoms with E-state index >= 15 is 0 Å². The lowest BCUT2D eigenvalue weighted by Gasteiger charge is -2.19. The molecule has 104 valence electrons. The zero-order chi connectivity index (χ0) is 14.6. The van der Waals surface area contributed by atoms with Crippen molar-refractivity contribution in [3.8, 4) is 0 Å². The Bertz CT molecular complexity index is 468. The van der Waals surface area contributed by atoms with Crippen molar-refractivity contribution >= 4 is 11.9 Å². The van der Waals surface area contributed by atoms with Gasteiger partial charge in [-0.15, -0.1) is 0 Å². The maximum atomic E-state index is 12.0. The molecule has 19 heavy (non-hydrogen) atoms. The third-order valence-electron chi connectivity index (χ3n) is 2.96. The molecule has 1 rings (SSSR count). The van der Waals surface area contributed by atoms with Gasteiger partial charge in [-0.3, -0.25) is 4.79 Å². The van der Waals surface area contributed by atoms with Crippen molar-refractivity contribution in [3.63, 3.8) is 0 Å². The van der Waals surface area contributed by atoms with Crippen LogP contribution in [0.25, 0.3) is 0 Å². The fraction of sp³-hybridized carbons (Fsp3) is 0.538. The number of amides is 1. The van der Waals surface area contributed by atoms with E-state index in [9.17, 15) is 9.59 Å². The Hall–Kier alpha value is -1.98. The van der Waals surface area contributed by atoms with Crippen LogP contribution in [0.1, 0.15) is 42.3 Å². The number of carbonyl (C=O) groups is 2. The first kappa shape index (κ1) is 15.1. The van der Waals surface area contributed by atoms with Gasteiger partial charge in [0.1, 0.15) is 17.6 Å². The van der Waals surface area contributed by atoms with E-state index in [1.165, 1.54) is 6.07 Å². The van der Waals surface area contributed by atoms with Gasteiger partial charge in [0.15, 0.2) is 0 Å². The number of nitrogens with one attached hydrogen (secondary N) is 1. The van der Waals surface area contributed by atoms with Gasteiger partial charge in [-0.1, -0.05) is 20.3 Å². The van der Waals surface area contributed by atoms with E-state index < -0.39 is 17.9 Å². The molecule has 1 heterocycles. The Morgan fingerprint density at radius 1 is 1.37 bits per heavy atom. The number of carbonyl (C=O) groups excluding carboxylic acids is 1. The highest BCUT2D eigenvalue weighted by atomic mass is 16.4. The van der Waals surface area contributed by atoms with Crippen LogP contribution in [0.15, 0.2) is 6.07 Å². The molecule has 0 spiro atoms. The van der Waals surface area contributed by atoms with E-state index in [1.807, 2.05) is 6.92 Å². The monoisotopic (exact) mass is 265 g/mol. The van der Waals surface area contributed by atoms with E-state index in [2.05, 4.69) is 15.3 Å². The summed E-state index contributed by atoms with van der Waals surface area (Å²) in [6.45, 7) is 7.11. The van der Waals surface area contributed by atoms with Gasteiger partial charge in [-0.2, -0.15) is 0 Å². The van der Waals surface area contributed by atoms with E-state index in [0.717, 1.165) is 0 Å². The van der Waals surface area contributed by atoms with Crippen LogP contribution in [-0.4, -0.2) is 33.0 Å². The number of rotatable bonds is 5. The second-order valence-corrected chi connectivity index (χ2v) is 4.62. The van der Waals surface area contributed by atoms with E-state index in [-0.39, 0.29) is 11.6 Å². The first-order valence-corrected chi connectivity index (χ1v) is 6.21. The number of hydrogen-bond acceptors (Lipinski definition) is 4. The molecule has 6 nitrogen and oxygen atoms in total. The summed E-state index contributed by atoms with van der Waals surface area (Å²) in [5, 5.41) is 11.6. The quantitative estimate of drug-likeness (QED) is 0.837. The normalized spacial score (nSPS) is 13.7. The van der Waals surface area contributed by atoms with Crippen molar-refractivity contribution in [3.05, 3.63) is 23.3 Å². The number of carboxylic acids is 1. The molecule has 1 amide bonds. The topological polar surface area (TPSA) is 92.2 Å². The van der Waals surface area contributed by atoms with Crippen LogP contribution in [0.2, 0.25) is 0 Å². The highest BCUT2D eigenvalue weighted by Gasteiger charge is 2.26. The lowest BCUT2D eigenvalue weighted by molar-refractivity contribution is -0.140. The Kier molecular flexibility index (Phi) is 4.97. The lowest BCUT2D eigenvalue weighted by atomic mass is 9.99. The van der Waals surface area contributed by atoms with Gasteiger partial charge in [0.05, 0.1) is 0 Å². The Labute approximate surface area is 112 Å².